The highest BCUT2D eigenvalue weighted by Gasteiger charge is 2.46. The molecule has 2 rings (SSSR count). The van der Waals surface area contributed by atoms with E-state index in [9.17, 15) is 5.11 Å². The van der Waals surface area contributed by atoms with Gasteiger partial charge in [0.15, 0.2) is 0 Å². The monoisotopic (exact) mass is 153 g/mol. The molecule has 62 valence electrons. The Morgan fingerprint density at radius 2 is 2.36 bits per heavy atom. The molecule has 1 N–H and O–H groups in total. The first-order valence-electron chi connectivity index (χ1n) is 4.34. The second-order valence-corrected chi connectivity index (χ2v) is 3.63. The van der Waals surface area contributed by atoms with E-state index in [1.807, 2.05) is 0 Å². The van der Waals surface area contributed by atoms with Crippen molar-refractivity contribution in [3.8, 4) is 0 Å². The number of aliphatic hydroxyl groups is 1. The zero-order valence-electron chi connectivity index (χ0n) is 6.84. The lowest BCUT2D eigenvalue weighted by Crippen LogP contribution is -2.42. The Kier molecular flexibility index (Phi) is 1.55. The molecule has 0 spiro atoms. The van der Waals surface area contributed by atoms with Gasteiger partial charge >= 0.3 is 0 Å². The van der Waals surface area contributed by atoms with Gasteiger partial charge in [0.05, 0.1) is 12.1 Å². The summed E-state index contributed by atoms with van der Waals surface area (Å²) in [4.78, 5) is 2.38. The van der Waals surface area contributed by atoms with Crippen molar-refractivity contribution in [1.29, 1.82) is 0 Å². The summed E-state index contributed by atoms with van der Waals surface area (Å²) in [5.41, 5.74) is 1.25. The van der Waals surface area contributed by atoms with E-state index in [0.29, 0.717) is 0 Å². The van der Waals surface area contributed by atoms with Crippen molar-refractivity contribution in [2.24, 2.45) is 0 Å². The molecule has 2 fully saturated rings. The molecule has 11 heavy (non-hydrogen) atoms. The van der Waals surface area contributed by atoms with Gasteiger partial charge in [0.25, 0.3) is 0 Å². The molecule has 2 nitrogen and oxygen atoms in total. The lowest BCUT2D eigenvalue weighted by molar-refractivity contribution is 0.123. The van der Waals surface area contributed by atoms with E-state index < -0.39 is 0 Å². The molecule has 2 heteroatoms. The summed E-state index contributed by atoms with van der Waals surface area (Å²) < 4.78 is 0. The molecule has 0 aromatic heterocycles. The van der Waals surface area contributed by atoms with Gasteiger partial charge in [-0.1, -0.05) is 12.2 Å². The molecular weight excluding hydrogens is 138 g/mol. The molecule has 1 atom stereocenters. The van der Waals surface area contributed by atoms with Gasteiger partial charge in [0.2, 0.25) is 0 Å². The Bertz CT molecular complexity index is 190. The Morgan fingerprint density at radius 3 is 3.00 bits per heavy atom. The molecule has 0 radical (unpaired) electrons. The fourth-order valence-corrected chi connectivity index (χ4v) is 2.45. The maximum absolute atomic E-state index is 9.29. The van der Waals surface area contributed by atoms with Crippen LogP contribution in [0.5, 0.6) is 0 Å². The van der Waals surface area contributed by atoms with Crippen LogP contribution < -0.4 is 0 Å². The van der Waals surface area contributed by atoms with Crippen LogP contribution in [0.1, 0.15) is 19.3 Å². The van der Waals surface area contributed by atoms with Crippen LogP contribution in [0, 0.1) is 0 Å². The minimum Gasteiger partial charge on any atom is -0.394 e. The van der Waals surface area contributed by atoms with Crippen molar-refractivity contribution in [2.75, 3.05) is 19.7 Å². The topological polar surface area (TPSA) is 23.5 Å². The lowest BCUT2D eigenvalue weighted by atomic mass is 9.91. The Morgan fingerprint density at radius 1 is 1.55 bits per heavy atom. The van der Waals surface area contributed by atoms with Crippen molar-refractivity contribution in [3.63, 3.8) is 0 Å². The first-order valence-corrected chi connectivity index (χ1v) is 4.34. The Labute approximate surface area is 67.5 Å². The predicted octanol–water partition coefficient (Wildman–Crippen LogP) is 0.773. The molecule has 2 heterocycles. The van der Waals surface area contributed by atoms with Gasteiger partial charge < -0.3 is 5.11 Å². The first-order chi connectivity index (χ1) is 5.29. The average Bonchev–Trinajstić information content (AvgIpc) is 2.53. The van der Waals surface area contributed by atoms with E-state index in [1.165, 1.54) is 12.0 Å². The minimum absolute atomic E-state index is 0. The molecule has 0 bridgehead atoms. The van der Waals surface area contributed by atoms with Crippen molar-refractivity contribution in [2.45, 2.75) is 24.8 Å². The van der Waals surface area contributed by atoms with E-state index in [1.54, 1.807) is 0 Å². The number of hydrogen-bond donors (Lipinski definition) is 1. The maximum atomic E-state index is 9.29. The summed E-state index contributed by atoms with van der Waals surface area (Å²) in [5.74, 6) is 0. The number of hydrogen-bond acceptors (Lipinski definition) is 2. The van der Waals surface area contributed by atoms with Crippen LogP contribution in [0.4, 0.5) is 0 Å². The summed E-state index contributed by atoms with van der Waals surface area (Å²) >= 11 is 0. The lowest BCUT2D eigenvalue weighted by Gasteiger charge is -2.30. The maximum Gasteiger partial charge on any atom is 0.0654 e. The largest absolute Gasteiger partial charge is 0.394 e. The summed E-state index contributed by atoms with van der Waals surface area (Å²) in [6, 6.07) is 0. The summed E-state index contributed by atoms with van der Waals surface area (Å²) in [6.07, 6.45) is 3.42. The molecule has 2 saturated heterocycles. The third-order valence-electron chi connectivity index (χ3n) is 3.23. The van der Waals surface area contributed by atoms with Crippen LogP contribution in [-0.4, -0.2) is 35.2 Å². The van der Waals surface area contributed by atoms with Gasteiger partial charge in [-0.3, -0.25) is 4.90 Å². The number of nitrogens with zero attached hydrogens (tertiary/aromatic N) is 1. The summed E-state index contributed by atoms with van der Waals surface area (Å²) in [5, 5.41) is 9.29. The zero-order chi connectivity index (χ0) is 7.90. The molecular formula is C9H15NO. The Hall–Kier alpha value is -0.340. The quantitative estimate of drug-likeness (QED) is 0.562. The zero-order valence-corrected chi connectivity index (χ0v) is 6.84. The fraction of sp³-hybridized carbons (Fsp3) is 0.778. The van der Waals surface area contributed by atoms with E-state index >= 15 is 0 Å². The van der Waals surface area contributed by atoms with E-state index in [2.05, 4.69) is 11.5 Å². The highest BCUT2D eigenvalue weighted by Crippen LogP contribution is 2.41. The van der Waals surface area contributed by atoms with Crippen LogP contribution in [0.2, 0.25) is 0 Å². The molecule has 0 aromatic carbocycles. The third-order valence-corrected chi connectivity index (χ3v) is 3.23. The van der Waals surface area contributed by atoms with Gasteiger partial charge in [0, 0.05) is 6.54 Å². The van der Waals surface area contributed by atoms with E-state index in [-0.39, 0.29) is 12.1 Å². The highest BCUT2D eigenvalue weighted by atomic mass is 16.3. The van der Waals surface area contributed by atoms with Crippen LogP contribution >= 0.6 is 0 Å². The van der Waals surface area contributed by atoms with Gasteiger partial charge in [-0.25, -0.2) is 0 Å². The fourth-order valence-electron chi connectivity index (χ4n) is 2.45. The first kappa shape index (κ1) is 7.32. The van der Waals surface area contributed by atoms with Gasteiger partial charge in [-0.15, -0.1) is 0 Å². The van der Waals surface area contributed by atoms with Crippen LogP contribution in [0.3, 0.4) is 0 Å². The van der Waals surface area contributed by atoms with Crippen molar-refractivity contribution >= 4 is 0 Å². The van der Waals surface area contributed by atoms with Gasteiger partial charge in [-0.2, -0.15) is 0 Å². The SMILES string of the molecule is C=C1CCN2CCC[C@@]12CO. The summed E-state index contributed by atoms with van der Waals surface area (Å²) in [6.45, 7) is 6.57. The smallest absolute Gasteiger partial charge is 0.0654 e. The van der Waals surface area contributed by atoms with E-state index in [0.717, 1.165) is 25.9 Å². The van der Waals surface area contributed by atoms with E-state index in [4.69, 9.17) is 0 Å². The van der Waals surface area contributed by atoms with Crippen molar-refractivity contribution in [3.05, 3.63) is 12.2 Å². The standard InChI is InChI=1S/C9H15NO/c1-8-3-6-10-5-2-4-9(8,10)7-11/h11H,1-7H2/t9-/m1/s1. The normalized spacial score (nSPS) is 38.1. The minimum atomic E-state index is 0. The van der Waals surface area contributed by atoms with Gasteiger partial charge in [0.1, 0.15) is 0 Å². The molecule has 2 aliphatic rings. The second kappa shape index (κ2) is 2.32. The summed E-state index contributed by atoms with van der Waals surface area (Å²) in [7, 11) is 0. The highest BCUT2D eigenvalue weighted by molar-refractivity contribution is 5.24. The van der Waals surface area contributed by atoms with Crippen molar-refractivity contribution < 1.29 is 5.11 Å². The number of rotatable bonds is 1. The molecule has 0 saturated carbocycles. The second-order valence-electron chi connectivity index (χ2n) is 3.63. The molecule has 0 aliphatic carbocycles. The van der Waals surface area contributed by atoms with Crippen LogP contribution in [0.15, 0.2) is 12.2 Å². The molecule has 0 amide bonds. The molecule has 2 aliphatic heterocycles. The average molecular weight is 153 g/mol. The van der Waals surface area contributed by atoms with Crippen LogP contribution in [-0.2, 0) is 0 Å². The molecule has 0 aromatic rings. The van der Waals surface area contributed by atoms with Crippen LogP contribution in [0.25, 0.3) is 0 Å². The number of fused-ring (bicyclic) bond motifs is 1. The third kappa shape index (κ3) is 0.797. The predicted molar refractivity (Wildman–Crippen MR) is 44.4 cm³/mol. The molecule has 0 unspecified atom stereocenters. The Balaban J connectivity index is 2.29. The van der Waals surface area contributed by atoms with Crippen molar-refractivity contribution in [1.82, 2.24) is 4.90 Å². The van der Waals surface area contributed by atoms with Gasteiger partial charge in [-0.05, 0) is 25.8 Å². The number of aliphatic hydroxyl groups excluding tert-OH is 1.